The van der Waals surface area contributed by atoms with Gasteiger partial charge in [0.05, 0.1) is 18.8 Å². The number of nitrogen functional groups attached to an aromatic ring is 1. The summed E-state index contributed by atoms with van der Waals surface area (Å²) in [6, 6.07) is 5.53. The Labute approximate surface area is 108 Å². The second-order valence-electron chi connectivity index (χ2n) is 5.02. The van der Waals surface area contributed by atoms with Crippen molar-refractivity contribution in [3.63, 3.8) is 0 Å². The van der Waals surface area contributed by atoms with Gasteiger partial charge in [0.25, 0.3) is 5.91 Å². The summed E-state index contributed by atoms with van der Waals surface area (Å²) in [5.74, 6) is 0.0650. The molecule has 1 aromatic carbocycles. The van der Waals surface area contributed by atoms with Gasteiger partial charge in [-0.25, -0.2) is 0 Å². The summed E-state index contributed by atoms with van der Waals surface area (Å²) >= 11 is 0. The third-order valence-corrected chi connectivity index (χ3v) is 3.35. The van der Waals surface area contributed by atoms with Crippen molar-refractivity contribution in [1.82, 2.24) is 4.90 Å². The van der Waals surface area contributed by atoms with Crippen LogP contribution in [-0.4, -0.2) is 36.1 Å². The molecule has 2 rings (SSSR count). The van der Waals surface area contributed by atoms with Crippen LogP contribution in [-0.2, 0) is 4.74 Å². The molecule has 2 atom stereocenters. The maximum atomic E-state index is 12.5. The van der Waals surface area contributed by atoms with Crippen molar-refractivity contribution in [3.05, 3.63) is 29.3 Å². The Hall–Kier alpha value is -1.55. The van der Waals surface area contributed by atoms with Crippen molar-refractivity contribution in [2.45, 2.75) is 32.9 Å². The van der Waals surface area contributed by atoms with Gasteiger partial charge < -0.3 is 15.4 Å². The van der Waals surface area contributed by atoms with Crippen LogP contribution in [0.3, 0.4) is 0 Å². The number of rotatable bonds is 1. The molecule has 1 aromatic rings. The van der Waals surface area contributed by atoms with E-state index in [1.807, 2.05) is 31.7 Å². The number of morpholine rings is 1. The molecule has 0 radical (unpaired) electrons. The molecule has 0 spiro atoms. The topological polar surface area (TPSA) is 55.6 Å². The van der Waals surface area contributed by atoms with Crippen molar-refractivity contribution >= 4 is 11.6 Å². The van der Waals surface area contributed by atoms with E-state index in [-0.39, 0.29) is 18.1 Å². The van der Waals surface area contributed by atoms with Gasteiger partial charge >= 0.3 is 0 Å². The standard InChI is InChI=1S/C14H20N2O2/c1-9-6-12(15)4-5-13(9)14(17)16-7-11(3)18-8-10(16)2/h4-6,10-11H,7-8,15H2,1-3H3. The number of nitrogens with zero attached hydrogens (tertiary/aromatic N) is 1. The summed E-state index contributed by atoms with van der Waals surface area (Å²) < 4.78 is 5.54. The van der Waals surface area contributed by atoms with Gasteiger partial charge in [-0.05, 0) is 44.5 Å². The molecule has 1 fully saturated rings. The summed E-state index contributed by atoms with van der Waals surface area (Å²) in [6.45, 7) is 7.15. The molecule has 98 valence electrons. The number of amides is 1. The molecule has 1 amide bonds. The quantitative estimate of drug-likeness (QED) is 0.771. The highest BCUT2D eigenvalue weighted by Crippen LogP contribution is 2.19. The van der Waals surface area contributed by atoms with Gasteiger partial charge in [0, 0.05) is 17.8 Å². The van der Waals surface area contributed by atoms with E-state index in [0.29, 0.717) is 18.8 Å². The van der Waals surface area contributed by atoms with Crippen LogP contribution in [0.15, 0.2) is 18.2 Å². The molecule has 1 saturated heterocycles. The van der Waals surface area contributed by atoms with Gasteiger partial charge in [-0.1, -0.05) is 0 Å². The van der Waals surface area contributed by atoms with Crippen LogP contribution >= 0.6 is 0 Å². The van der Waals surface area contributed by atoms with Gasteiger partial charge in [0.15, 0.2) is 0 Å². The Kier molecular flexibility index (Phi) is 3.57. The van der Waals surface area contributed by atoms with E-state index in [9.17, 15) is 4.79 Å². The summed E-state index contributed by atoms with van der Waals surface area (Å²) in [7, 11) is 0. The van der Waals surface area contributed by atoms with E-state index in [1.165, 1.54) is 0 Å². The first-order valence-corrected chi connectivity index (χ1v) is 6.27. The smallest absolute Gasteiger partial charge is 0.254 e. The lowest BCUT2D eigenvalue weighted by atomic mass is 10.0. The lowest BCUT2D eigenvalue weighted by Crippen LogP contribution is -2.50. The molecule has 0 bridgehead atoms. The van der Waals surface area contributed by atoms with E-state index in [4.69, 9.17) is 10.5 Å². The highest BCUT2D eigenvalue weighted by molar-refractivity contribution is 5.96. The maximum absolute atomic E-state index is 12.5. The largest absolute Gasteiger partial charge is 0.399 e. The number of carbonyl (C=O) groups excluding carboxylic acids is 1. The average molecular weight is 248 g/mol. The fourth-order valence-electron chi connectivity index (χ4n) is 2.27. The molecule has 0 aliphatic carbocycles. The Balaban J connectivity index is 2.24. The molecular weight excluding hydrogens is 228 g/mol. The number of ether oxygens (including phenoxy) is 1. The minimum Gasteiger partial charge on any atom is -0.399 e. The van der Waals surface area contributed by atoms with Crippen LogP contribution in [0.5, 0.6) is 0 Å². The number of aryl methyl sites for hydroxylation is 1. The van der Waals surface area contributed by atoms with E-state index in [1.54, 1.807) is 12.1 Å². The molecule has 18 heavy (non-hydrogen) atoms. The molecule has 4 heteroatoms. The minimum atomic E-state index is 0.0650. The fourth-order valence-corrected chi connectivity index (χ4v) is 2.27. The maximum Gasteiger partial charge on any atom is 0.254 e. The van der Waals surface area contributed by atoms with Crippen molar-refractivity contribution in [3.8, 4) is 0 Å². The third kappa shape index (κ3) is 2.48. The first kappa shape index (κ1) is 12.9. The van der Waals surface area contributed by atoms with Crippen LogP contribution in [0, 0.1) is 6.92 Å². The third-order valence-electron chi connectivity index (χ3n) is 3.35. The summed E-state index contributed by atoms with van der Waals surface area (Å²) in [4.78, 5) is 14.4. The summed E-state index contributed by atoms with van der Waals surface area (Å²) in [5, 5.41) is 0. The van der Waals surface area contributed by atoms with Gasteiger partial charge in [-0.15, -0.1) is 0 Å². The molecule has 4 nitrogen and oxygen atoms in total. The second-order valence-corrected chi connectivity index (χ2v) is 5.02. The number of nitrogens with two attached hydrogens (primary N) is 1. The van der Waals surface area contributed by atoms with Crippen molar-refractivity contribution in [1.29, 1.82) is 0 Å². The van der Waals surface area contributed by atoms with Crippen molar-refractivity contribution in [2.75, 3.05) is 18.9 Å². The van der Waals surface area contributed by atoms with Gasteiger partial charge in [0.2, 0.25) is 0 Å². The number of benzene rings is 1. The Bertz CT molecular complexity index is 459. The Morgan fingerprint density at radius 1 is 1.44 bits per heavy atom. The van der Waals surface area contributed by atoms with Crippen molar-refractivity contribution < 1.29 is 9.53 Å². The van der Waals surface area contributed by atoms with E-state index in [2.05, 4.69) is 0 Å². The van der Waals surface area contributed by atoms with E-state index < -0.39 is 0 Å². The molecule has 0 aromatic heterocycles. The molecule has 1 aliphatic heterocycles. The normalized spacial score (nSPS) is 24.1. The molecule has 1 heterocycles. The highest BCUT2D eigenvalue weighted by atomic mass is 16.5. The minimum absolute atomic E-state index is 0.0650. The number of hydrogen-bond donors (Lipinski definition) is 1. The zero-order chi connectivity index (χ0) is 13.3. The Morgan fingerprint density at radius 2 is 2.17 bits per heavy atom. The van der Waals surface area contributed by atoms with Crippen LogP contribution in [0.1, 0.15) is 29.8 Å². The average Bonchev–Trinajstić information content (AvgIpc) is 2.31. The van der Waals surface area contributed by atoms with Gasteiger partial charge in [-0.2, -0.15) is 0 Å². The van der Waals surface area contributed by atoms with Crippen molar-refractivity contribution in [2.24, 2.45) is 0 Å². The molecule has 1 aliphatic rings. The summed E-state index contributed by atoms with van der Waals surface area (Å²) in [5.41, 5.74) is 8.05. The number of carbonyl (C=O) groups is 1. The Morgan fingerprint density at radius 3 is 2.83 bits per heavy atom. The monoisotopic (exact) mass is 248 g/mol. The predicted octanol–water partition coefficient (Wildman–Crippen LogP) is 1.83. The lowest BCUT2D eigenvalue weighted by molar-refractivity contribution is -0.0387. The molecule has 2 unspecified atom stereocenters. The lowest BCUT2D eigenvalue weighted by Gasteiger charge is -2.37. The van der Waals surface area contributed by atoms with Gasteiger partial charge in [0.1, 0.15) is 0 Å². The van der Waals surface area contributed by atoms with E-state index >= 15 is 0 Å². The molecule has 0 saturated carbocycles. The van der Waals surface area contributed by atoms with E-state index in [0.717, 1.165) is 11.1 Å². The SMILES string of the molecule is Cc1cc(N)ccc1C(=O)N1CC(C)OCC1C. The zero-order valence-corrected chi connectivity index (χ0v) is 11.1. The van der Waals surface area contributed by atoms with Crippen LogP contribution in [0.4, 0.5) is 5.69 Å². The second kappa shape index (κ2) is 4.98. The first-order chi connectivity index (χ1) is 8.49. The highest BCUT2D eigenvalue weighted by Gasteiger charge is 2.28. The zero-order valence-electron chi connectivity index (χ0n) is 11.1. The van der Waals surface area contributed by atoms with Crippen LogP contribution in [0.2, 0.25) is 0 Å². The van der Waals surface area contributed by atoms with Crippen LogP contribution < -0.4 is 5.73 Å². The molecule has 2 N–H and O–H groups in total. The van der Waals surface area contributed by atoms with Gasteiger partial charge in [-0.3, -0.25) is 4.79 Å². The number of hydrogen-bond acceptors (Lipinski definition) is 3. The molecular formula is C14H20N2O2. The van der Waals surface area contributed by atoms with Crippen LogP contribution in [0.25, 0.3) is 0 Å². The fraction of sp³-hybridized carbons (Fsp3) is 0.500. The summed E-state index contributed by atoms with van der Waals surface area (Å²) in [6.07, 6.45) is 0.0965. The predicted molar refractivity (Wildman–Crippen MR) is 71.5 cm³/mol. The first-order valence-electron chi connectivity index (χ1n) is 6.27. The number of anilines is 1.